The van der Waals surface area contributed by atoms with Gasteiger partial charge < -0.3 is 4.74 Å². The Hall–Kier alpha value is -0.530. The molecular weight excluding hydrogens is 276 g/mol. The Bertz CT molecular complexity index is 404. The van der Waals surface area contributed by atoms with Gasteiger partial charge >= 0.3 is 5.97 Å². The van der Waals surface area contributed by atoms with Gasteiger partial charge in [0.1, 0.15) is 5.94 Å². The van der Waals surface area contributed by atoms with E-state index < -0.39 is 0 Å². The number of esters is 1. The molecule has 0 bridgehead atoms. The average molecular weight is 290 g/mol. The molecule has 0 N–H and O–H groups in total. The van der Waals surface area contributed by atoms with Crippen LogP contribution in [0.2, 0.25) is 0 Å². The van der Waals surface area contributed by atoms with E-state index >= 15 is 0 Å². The number of carbonyl (C=O) groups excluding carboxylic acids is 1. The molecule has 0 saturated carbocycles. The van der Waals surface area contributed by atoms with Gasteiger partial charge in [0.05, 0.1) is 0 Å². The van der Waals surface area contributed by atoms with Crippen LogP contribution >= 0.6 is 34.9 Å². The lowest BCUT2D eigenvalue weighted by Crippen LogP contribution is -2.03. The fourth-order valence-corrected chi connectivity index (χ4v) is 3.71. The van der Waals surface area contributed by atoms with Crippen molar-refractivity contribution in [3.63, 3.8) is 0 Å². The topological polar surface area (TPSA) is 52.1 Å². The van der Waals surface area contributed by atoms with Crippen LogP contribution in [-0.2, 0) is 9.53 Å². The average Bonchev–Trinajstić information content (AvgIpc) is 2.64. The van der Waals surface area contributed by atoms with E-state index in [2.05, 4.69) is 30.6 Å². The van der Waals surface area contributed by atoms with Crippen LogP contribution in [0, 0.1) is 0 Å². The van der Waals surface area contributed by atoms with Crippen LogP contribution in [-0.4, -0.2) is 27.4 Å². The van der Waals surface area contributed by atoms with E-state index in [0.717, 1.165) is 8.68 Å². The smallest absolute Gasteiger partial charge is 0.333 e. The lowest BCUT2D eigenvalue weighted by Gasteiger charge is -2.00. The maximum Gasteiger partial charge on any atom is 0.333 e. The molecule has 0 amide bonds. The molecule has 17 heavy (non-hydrogen) atoms. The van der Waals surface area contributed by atoms with Crippen molar-refractivity contribution in [1.29, 1.82) is 0 Å². The molecule has 0 aliphatic carbocycles. The maximum absolute atomic E-state index is 11.1. The molecule has 0 radical (unpaired) electrons. The molecule has 0 atom stereocenters. The minimum Gasteiger partial charge on any atom is -0.451 e. The molecular formula is C10H14N2O2S3. The van der Waals surface area contributed by atoms with Crippen molar-refractivity contribution in [2.24, 2.45) is 0 Å². The largest absolute Gasteiger partial charge is 0.451 e. The molecule has 0 unspecified atom stereocenters. The number of thioether (sulfide) groups is 2. The Morgan fingerprint density at radius 2 is 2.12 bits per heavy atom. The van der Waals surface area contributed by atoms with E-state index in [0.29, 0.717) is 10.8 Å². The Labute approximate surface area is 113 Å². The first kappa shape index (κ1) is 14.5. The predicted octanol–water partition coefficient (Wildman–Crippen LogP) is 3.21. The number of nitrogens with zero attached hydrogens (tertiary/aromatic N) is 2. The van der Waals surface area contributed by atoms with E-state index in [1.807, 2.05) is 0 Å². The monoisotopic (exact) mass is 290 g/mol. The highest BCUT2D eigenvalue weighted by Crippen LogP contribution is 2.30. The fourth-order valence-electron chi connectivity index (χ4n) is 0.761. The van der Waals surface area contributed by atoms with Gasteiger partial charge in [-0.25, -0.2) is 4.79 Å². The zero-order valence-corrected chi connectivity index (χ0v) is 12.4. The van der Waals surface area contributed by atoms with E-state index in [1.165, 1.54) is 23.1 Å². The maximum atomic E-state index is 11.1. The van der Waals surface area contributed by atoms with Gasteiger partial charge in [-0.3, -0.25) is 0 Å². The first-order valence-corrected chi connectivity index (χ1v) is 7.63. The molecule has 94 valence electrons. The number of ether oxygens (including phenoxy) is 1. The molecule has 0 aliphatic rings. The van der Waals surface area contributed by atoms with Crippen molar-refractivity contribution < 1.29 is 9.53 Å². The van der Waals surface area contributed by atoms with Gasteiger partial charge in [0.2, 0.25) is 0 Å². The molecule has 0 saturated heterocycles. The first-order chi connectivity index (χ1) is 7.99. The number of carbonyl (C=O) groups is 1. The summed E-state index contributed by atoms with van der Waals surface area (Å²) in [6.45, 7) is 9.33. The fraction of sp³-hybridized carbons (Fsp3) is 0.500. The zero-order chi connectivity index (χ0) is 12.8. The van der Waals surface area contributed by atoms with Crippen LogP contribution < -0.4 is 0 Å². The quantitative estimate of drug-likeness (QED) is 0.347. The predicted molar refractivity (Wildman–Crippen MR) is 72.5 cm³/mol. The SMILES string of the molecule is C=C(C)C(=O)OCSc1nnc(SC(C)C)s1. The molecule has 1 aromatic heterocycles. The van der Waals surface area contributed by atoms with Crippen LogP contribution in [0.15, 0.2) is 20.8 Å². The van der Waals surface area contributed by atoms with Gasteiger partial charge in [0, 0.05) is 10.8 Å². The molecule has 0 aliphatic heterocycles. The lowest BCUT2D eigenvalue weighted by atomic mass is 10.4. The molecule has 1 heterocycles. The Balaban J connectivity index is 2.35. The van der Waals surface area contributed by atoms with Crippen LogP contribution in [0.25, 0.3) is 0 Å². The summed E-state index contributed by atoms with van der Waals surface area (Å²) in [5, 5.41) is 8.54. The molecule has 1 aromatic rings. The molecule has 0 fully saturated rings. The zero-order valence-electron chi connectivity index (χ0n) is 9.93. The minimum atomic E-state index is -0.376. The second-order valence-corrected chi connectivity index (χ2v) is 7.45. The normalized spacial score (nSPS) is 10.6. The molecule has 0 spiro atoms. The van der Waals surface area contributed by atoms with Crippen molar-refractivity contribution >= 4 is 40.8 Å². The summed E-state index contributed by atoms with van der Waals surface area (Å²) in [4.78, 5) is 11.1. The van der Waals surface area contributed by atoms with Gasteiger partial charge in [0.25, 0.3) is 0 Å². The van der Waals surface area contributed by atoms with E-state index in [4.69, 9.17) is 4.74 Å². The summed E-state index contributed by atoms with van der Waals surface area (Å²) in [5.41, 5.74) is 0.402. The summed E-state index contributed by atoms with van der Waals surface area (Å²) >= 11 is 4.55. The van der Waals surface area contributed by atoms with Gasteiger partial charge in [0.15, 0.2) is 8.68 Å². The summed E-state index contributed by atoms with van der Waals surface area (Å²) in [6.07, 6.45) is 0. The van der Waals surface area contributed by atoms with Crippen molar-refractivity contribution in [1.82, 2.24) is 10.2 Å². The van der Waals surface area contributed by atoms with Crippen molar-refractivity contribution in [3.8, 4) is 0 Å². The second kappa shape index (κ2) is 7.03. The van der Waals surface area contributed by atoms with E-state index in [-0.39, 0.29) is 11.9 Å². The lowest BCUT2D eigenvalue weighted by molar-refractivity contribution is -0.136. The van der Waals surface area contributed by atoms with Crippen LogP contribution in [0.1, 0.15) is 20.8 Å². The van der Waals surface area contributed by atoms with Crippen LogP contribution in [0.4, 0.5) is 0 Å². The minimum absolute atomic E-state index is 0.243. The third-order valence-corrected chi connectivity index (χ3v) is 4.42. The summed E-state index contributed by atoms with van der Waals surface area (Å²) in [6, 6.07) is 0. The van der Waals surface area contributed by atoms with Crippen LogP contribution in [0.3, 0.4) is 0 Å². The number of hydrogen-bond acceptors (Lipinski definition) is 7. The van der Waals surface area contributed by atoms with Gasteiger partial charge in [-0.05, 0) is 6.92 Å². The third-order valence-electron chi connectivity index (χ3n) is 1.45. The molecule has 7 heteroatoms. The van der Waals surface area contributed by atoms with Crippen molar-refractivity contribution in [2.45, 2.75) is 34.7 Å². The highest BCUT2D eigenvalue weighted by molar-refractivity contribution is 8.03. The van der Waals surface area contributed by atoms with E-state index in [9.17, 15) is 4.79 Å². The van der Waals surface area contributed by atoms with Crippen molar-refractivity contribution in [3.05, 3.63) is 12.2 Å². The Morgan fingerprint density at radius 3 is 2.71 bits per heavy atom. The van der Waals surface area contributed by atoms with Gasteiger partial charge in [-0.15, -0.1) is 10.2 Å². The first-order valence-electron chi connectivity index (χ1n) is 4.94. The van der Waals surface area contributed by atoms with Gasteiger partial charge in [-0.1, -0.05) is 55.3 Å². The third kappa shape index (κ3) is 5.56. The van der Waals surface area contributed by atoms with Crippen LogP contribution in [0.5, 0.6) is 0 Å². The summed E-state index contributed by atoms with van der Waals surface area (Å²) < 4.78 is 6.70. The Morgan fingerprint density at radius 1 is 1.47 bits per heavy atom. The molecule has 4 nitrogen and oxygen atoms in total. The standard InChI is InChI=1S/C10H14N2O2S3/c1-6(2)8(13)14-5-15-9-11-12-10(17-9)16-7(3)4/h7H,1,5H2,2-4H3. The number of aromatic nitrogens is 2. The number of hydrogen-bond donors (Lipinski definition) is 0. The highest BCUT2D eigenvalue weighted by atomic mass is 32.2. The Kier molecular flexibility index (Phi) is 6.01. The molecule has 1 rings (SSSR count). The van der Waals surface area contributed by atoms with Crippen molar-refractivity contribution in [2.75, 3.05) is 5.94 Å². The second-order valence-electron chi connectivity index (χ2n) is 3.47. The highest BCUT2D eigenvalue weighted by Gasteiger charge is 2.08. The summed E-state index contributed by atoms with van der Waals surface area (Å²) in [7, 11) is 0. The van der Waals surface area contributed by atoms with Gasteiger partial charge in [-0.2, -0.15) is 0 Å². The van der Waals surface area contributed by atoms with E-state index in [1.54, 1.807) is 18.7 Å². The summed E-state index contributed by atoms with van der Waals surface area (Å²) in [5.74, 6) is -0.133. The number of rotatable bonds is 6. The molecule has 0 aromatic carbocycles.